The van der Waals surface area contributed by atoms with Crippen molar-refractivity contribution >= 4 is 41.8 Å². The lowest BCUT2D eigenvalue weighted by atomic mass is 9.81. The molecule has 5 rings (SSSR count). The zero-order chi connectivity index (χ0) is 38.9. The summed E-state index contributed by atoms with van der Waals surface area (Å²) < 4.78 is 0. The number of benzene rings is 3. The maximum Gasteiger partial charge on any atom is 0.261 e. The average molecular weight is 725 g/mol. The molecule has 3 aromatic rings. The Labute approximate surface area is 326 Å². The minimum atomic E-state index is -0.285. The van der Waals surface area contributed by atoms with Gasteiger partial charge < -0.3 is 9.80 Å². The fourth-order valence-corrected chi connectivity index (χ4v) is 7.91. The van der Waals surface area contributed by atoms with Crippen molar-refractivity contribution in [1.82, 2.24) is 9.80 Å². The molecule has 0 aromatic heterocycles. The van der Waals surface area contributed by atoms with E-state index in [0.717, 1.165) is 97.9 Å². The minimum absolute atomic E-state index is 0.000732. The Hall–Kier alpha value is -4.44. The molecule has 0 aliphatic carbocycles. The molecule has 3 aromatic carbocycles. The molecule has 0 atom stereocenters. The van der Waals surface area contributed by atoms with Gasteiger partial charge in [-0.1, -0.05) is 197 Å². The summed E-state index contributed by atoms with van der Waals surface area (Å²) in [5.74, 6) is 0.00146. The van der Waals surface area contributed by atoms with Crippen LogP contribution >= 0.6 is 0 Å². The zero-order valence-electron chi connectivity index (χ0n) is 34.4. The standard InChI is InChI=1S/C50H64N2O2/c1-9-12-14-16-35-51-45(43-44(48(51)54)46(50(7,8)34-11-3)52(47(43)53)36-17-15-13-10-2)41-30-26-39(27-31-41)24-22-37-18-20-38(21-19-37)23-25-40-28-32-42(33-29-40)49(4,5)6/h18-33H,9-17,34-36H2,1-8H3/b24-22+,25-23+. The first kappa shape index (κ1) is 40.7. The van der Waals surface area contributed by atoms with E-state index in [0.29, 0.717) is 24.2 Å². The van der Waals surface area contributed by atoms with E-state index in [1.807, 2.05) is 9.80 Å². The molecule has 2 heterocycles. The van der Waals surface area contributed by atoms with E-state index in [-0.39, 0.29) is 22.6 Å². The summed E-state index contributed by atoms with van der Waals surface area (Å²) in [5.41, 5.74) is 9.69. The highest BCUT2D eigenvalue weighted by Crippen LogP contribution is 2.50. The third-order valence-electron chi connectivity index (χ3n) is 11.0. The van der Waals surface area contributed by atoms with Crippen molar-refractivity contribution in [3.8, 4) is 0 Å². The predicted molar refractivity (Wildman–Crippen MR) is 230 cm³/mol. The first-order chi connectivity index (χ1) is 25.9. The average Bonchev–Trinajstić information content (AvgIpc) is 3.60. The van der Waals surface area contributed by atoms with Crippen LogP contribution in [0.25, 0.3) is 30.0 Å². The van der Waals surface area contributed by atoms with E-state index in [9.17, 15) is 9.59 Å². The molecule has 0 bridgehead atoms. The van der Waals surface area contributed by atoms with Crippen LogP contribution in [0.2, 0.25) is 0 Å². The second kappa shape index (κ2) is 18.3. The smallest absolute Gasteiger partial charge is 0.261 e. The SMILES string of the molecule is CCCCCCN1C(=O)C2=C(C(C)(C)CCC)N(CCCCCC)C(=O)C2=C1c1ccc(/C=C/c2ccc(/C=C/c3ccc(C(C)(C)C)cc3)cc2)cc1. The van der Waals surface area contributed by atoms with Gasteiger partial charge >= 0.3 is 0 Å². The molecule has 4 heteroatoms. The van der Waals surface area contributed by atoms with Gasteiger partial charge in [-0.15, -0.1) is 0 Å². The van der Waals surface area contributed by atoms with Crippen LogP contribution in [-0.2, 0) is 15.0 Å². The van der Waals surface area contributed by atoms with Crippen molar-refractivity contribution < 1.29 is 9.59 Å². The molecule has 2 aliphatic rings. The lowest BCUT2D eigenvalue weighted by Crippen LogP contribution is -2.36. The Morgan fingerprint density at radius 3 is 1.37 bits per heavy atom. The number of amides is 2. The van der Waals surface area contributed by atoms with Gasteiger partial charge in [0.1, 0.15) is 0 Å². The lowest BCUT2D eigenvalue weighted by molar-refractivity contribution is -0.125. The van der Waals surface area contributed by atoms with Crippen LogP contribution < -0.4 is 0 Å². The van der Waals surface area contributed by atoms with Gasteiger partial charge in [0.2, 0.25) is 0 Å². The Morgan fingerprint density at radius 1 is 0.500 bits per heavy atom. The molecule has 0 saturated heterocycles. The Kier molecular flexibility index (Phi) is 13.8. The molecule has 0 unspecified atom stereocenters. The van der Waals surface area contributed by atoms with Crippen LogP contribution in [0.5, 0.6) is 0 Å². The lowest BCUT2D eigenvalue weighted by Gasteiger charge is -2.34. The first-order valence-corrected chi connectivity index (χ1v) is 20.7. The summed E-state index contributed by atoms with van der Waals surface area (Å²) >= 11 is 0. The number of unbranched alkanes of at least 4 members (excludes halogenated alkanes) is 6. The van der Waals surface area contributed by atoms with Gasteiger partial charge in [0.25, 0.3) is 11.8 Å². The summed E-state index contributed by atoms with van der Waals surface area (Å²) in [6, 6.07) is 25.8. The molecule has 2 amide bonds. The number of hydrogen-bond acceptors (Lipinski definition) is 2. The quantitative estimate of drug-likeness (QED) is 0.0968. The Morgan fingerprint density at radius 2 is 0.926 bits per heavy atom. The number of rotatable bonds is 18. The van der Waals surface area contributed by atoms with Crippen LogP contribution in [0.3, 0.4) is 0 Å². The van der Waals surface area contributed by atoms with E-state index in [1.165, 1.54) is 11.1 Å². The van der Waals surface area contributed by atoms with Gasteiger partial charge in [0, 0.05) is 24.2 Å². The van der Waals surface area contributed by atoms with E-state index < -0.39 is 0 Å². The van der Waals surface area contributed by atoms with E-state index in [2.05, 4.69) is 152 Å². The molecule has 0 fully saturated rings. The van der Waals surface area contributed by atoms with Crippen molar-refractivity contribution in [1.29, 1.82) is 0 Å². The molecule has 0 saturated carbocycles. The Bertz CT molecular complexity index is 1860. The fourth-order valence-electron chi connectivity index (χ4n) is 7.91. The molecule has 0 spiro atoms. The van der Waals surface area contributed by atoms with Crippen LogP contribution in [0.1, 0.15) is 153 Å². The number of carbonyl (C=O) groups excluding carboxylic acids is 2. The fraction of sp³-hybridized carbons (Fsp3) is 0.440. The topological polar surface area (TPSA) is 40.6 Å². The van der Waals surface area contributed by atoms with Crippen LogP contribution in [0.4, 0.5) is 0 Å². The molecule has 4 nitrogen and oxygen atoms in total. The van der Waals surface area contributed by atoms with E-state index in [4.69, 9.17) is 0 Å². The van der Waals surface area contributed by atoms with Crippen LogP contribution in [0.15, 0.2) is 89.6 Å². The maximum atomic E-state index is 14.5. The van der Waals surface area contributed by atoms with Gasteiger partial charge in [-0.25, -0.2) is 0 Å². The van der Waals surface area contributed by atoms with Gasteiger partial charge in [-0.3, -0.25) is 9.59 Å². The normalized spacial score (nSPS) is 15.3. The van der Waals surface area contributed by atoms with Gasteiger partial charge in [-0.05, 0) is 58.1 Å². The van der Waals surface area contributed by atoms with E-state index >= 15 is 0 Å². The van der Waals surface area contributed by atoms with Crippen LogP contribution in [-0.4, -0.2) is 34.7 Å². The van der Waals surface area contributed by atoms with Gasteiger partial charge in [-0.2, -0.15) is 0 Å². The second-order valence-electron chi connectivity index (χ2n) is 16.9. The van der Waals surface area contributed by atoms with Crippen LogP contribution in [0, 0.1) is 5.41 Å². The van der Waals surface area contributed by atoms with E-state index in [1.54, 1.807) is 0 Å². The van der Waals surface area contributed by atoms with Crippen molar-refractivity contribution in [2.24, 2.45) is 5.41 Å². The third-order valence-corrected chi connectivity index (χ3v) is 11.0. The molecular formula is C50H64N2O2. The highest BCUT2D eigenvalue weighted by Gasteiger charge is 2.51. The number of allylic oxidation sites excluding steroid dienone is 1. The van der Waals surface area contributed by atoms with Gasteiger partial charge in [0.15, 0.2) is 0 Å². The van der Waals surface area contributed by atoms with Crippen molar-refractivity contribution in [3.63, 3.8) is 0 Å². The molecule has 54 heavy (non-hydrogen) atoms. The molecule has 0 radical (unpaired) electrons. The first-order valence-electron chi connectivity index (χ1n) is 20.7. The van der Waals surface area contributed by atoms with Crippen molar-refractivity contribution in [2.75, 3.05) is 13.1 Å². The largest absolute Gasteiger partial charge is 0.311 e. The number of hydrogen-bond donors (Lipinski definition) is 0. The zero-order valence-corrected chi connectivity index (χ0v) is 34.4. The third kappa shape index (κ3) is 9.61. The van der Waals surface area contributed by atoms with Gasteiger partial charge in [0.05, 0.1) is 16.8 Å². The monoisotopic (exact) mass is 724 g/mol. The summed E-state index contributed by atoms with van der Waals surface area (Å²) in [4.78, 5) is 32.9. The number of fused-ring (bicyclic) bond motifs is 1. The highest BCUT2D eigenvalue weighted by molar-refractivity contribution is 6.25. The molecule has 2 aliphatic heterocycles. The Balaban J connectivity index is 1.39. The van der Waals surface area contributed by atoms with Crippen molar-refractivity contribution in [2.45, 2.75) is 125 Å². The number of carbonyl (C=O) groups is 2. The second-order valence-corrected chi connectivity index (χ2v) is 16.9. The van der Waals surface area contributed by atoms with Crippen molar-refractivity contribution in [3.05, 3.63) is 123 Å². The number of nitrogens with zero attached hydrogens (tertiary/aromatic N) is 2. The molecule has 286 valence electrons. The summed E-state index contributed by atoms with van der Waals surface area (Å²) in [6.45, 7) is 19.0. The summed E-state index contributed by atoms with van der Waals surface area (Å²) in [6.07, 6.45) is 19.1. The highest BCUT2D eigenvalue weighted by atomic mass is 16.2. The maximum absolute atomic E-state index is 14.5. The molecule has 0 N–H and O–H groups in total. The summed E-state index contributed by atoms with van der Waals surface area (Å²) in [5, 5.41) is 0. The summed E-state index contributed by atoms with van der Waals surface area (Å²) in [7, 11) is 0. The molecular weight excluding hydrogens is 661 g/mol. The minimum Gasteiger partial charge on any atom is -0.311 e. The predicted octanol–water partition coefficient (Wildman–Crippen LogP) is 13.0.